The standard InChI is InChI=1S/C17H26FNO/c1-2-19-13-14(16-10-3-4-11-17(16)18)7-5-8-15-9-6-12-20-15/h3-4,10-11,14-15,19H,2,5-9,12-13H2,1H3. The van der Waals surface area contributed by atoms with Crippen LogP contribution in [0.25, 0.3) is 0 Å². The quantitative estimate of drug-likeness (QED) is 0.780. The van der Waals surface area contributed by atoms with E-state index in [9.17, 15) is 4.39 Å². The third kappa shape index (κ3) is 4.57. The molecule has 1 aliphatic heterocycles. The molecule has 0 bridgehead atoms. The Hall–Kier alpha value is -0.930. The molecule has 1 saturated heterocycles. The van der Waals surface area contributed by atoms with Gasteiger partial charge in [-0.3, -0.25) is 0 Å². The Labute approximate surface area is 121 Å². The van der Waals surface area contributed by atoms with Crippen LogP contribution in [0.2, 0.25) is 0 Å². The SMILES string of the molecule is CCNCC(CCCC1CCCO1)c1ccccc1F. The minimum absolute atomic E-state index is 0.0764. The van der Waals surface area contributed by atoms with Crippen LogP contribution >= 0.6 is 0 Å². The van der Waals surface area contributed by atoms with E-state index < -0.39 is 0 Å². The van der Waals surface area contributed by atoms with Gasteiger partial charge in [-0.15, -0.1) is 0 Å². The highest BCUT2D eigenvalue weighted by atomic mass is 19.1. The maximum Gasteiger partial charge on any atom is 0.126 e. The van der Waals surface area contributed by atoms with Crippen molar-refractivity contribution in [1.29, 1.82) is 0 Å². The number of hydrogen-bond acceptors (Lipinski definition) is 2. The summed E-state index contributed by atoms with van der Waals surface area (Å²) >= 11 is 0. The molecule has 1 heterocycles. The average Bonchev–Trinajstić information content (AvgIpc) is 2.97. The Morgan fingerprint density at radius 3 is 2.95 bits per heavy atom. The average molecular weight is 279 g/mol. The van der Waals surface area contributed by atoms with Crippen molar-refractivity contribution >= 4 is 0 Å². The maximum atomic E-state index is 13.9. The van der Waals surface area contributed by atoms with Crippen molar-refractivity contribution in [2.75, 3.05) is 19.7 Å². The minimum Gasteiger partial charge on any atom is -0.378 e. The molecule has 3 heteroatoms. The molecule has 0 saturated carbocycles. The van der Waals surface area contributed by atoms with Crippen LogP contribution in [0.15, 0.2) is 24.3 Å². The summed E-state index contributed by atoms with van der Waals surface area (Å²) in [6, 6.07) is 7.17. The first-order chi connectivity index (χ1) is 9.81. The topological polar surface area (TPSA) is 21.3 Å². The van der Waals surface area contributed by atoms with E-state index in [0.717, 1.165) is 44.5 Å². The summed E-state index contributed by atoms with van der Waals surface area (Å²) in [6.45, 7) is 4.78. The van der Waals surface area contributed by atoms with Gasteiger partial charge in [-0.05, 0) is 49.8 Å². The summed E-state index contributed by atoms with van der Waals surface area (Å²) in [5, 5.41) is 3.35. The Morgan fingerprint density at radius 2 is 2.25 bits per heavy atom. The number of hydrogen-bond donors (Lipinski definition) is 1. The zero-order chi connectivity index (χ0) is 14.2. The third-order valence-corrected chi connectivity index (χ3v) is 4.09. The van der Waals surface area contributed by atoms with E-state index in [4.69, 9.17) is 4.74 Å². The van der Waals surface area contributed by atoms with Gasteiger partial charge in [0.2, 0.25) is 0 Å². The van der Waals surface area contributed by atoms with E-state index in [0.29, 0.717) is 6.10 Å². The van der Waals surface area contributed by atoms with Crippen LogP contribution in [0.1, 0.15) is 50.5 Å². The van der Waals surface area contributed by atoms with Crippen molar-refractivity contribution in [3.05, 3.63) is 35.6 Å². The summed E-state index contributed by atoms with van der Waals surface area (Å²) in [6.07, 6.45) is 6.06. The van der Waals surface area contributed by atoms with Gasteiger partial charge in [0.25, 0.3) is 0 Å². The summed E-state index contributed by atoms with van der Waals surface area (Å²) in [5.41, 5.74) is 0.848. The van der Waals surface area contributed by atoms with Crippen molar-refractivity contribution in [3.8, 4) is 0 Å². The first-order valence-electron chi connectivity index (χ1n) is 7.88. The molecule has 2 nitrogen and oxygen atoms in total. The number of likely N-dealkylation sites (N-methyl/N-ethyl adjacent to an activating group) is 1. The Kier molecular flexibility index (Phi) is 6.48. The smallest absolute Gasteiger partial charge is 0.126 e. The lowest BCUT2D eigenvalue weighted by molar-refractivity contribution is 0.101. The molecule has 1 fully saturated rings. The zero-order valence-corrected chi connectivity index (χ0v) is 12.4. The normalized spacial score (nSPS) is 20.2. The van der Waals surface area contributed by atoms with Gasteiger partial charge in [0.15, 0.2) is 0 Å². The van der Waals surface area contributed by atoms with E-state index in [-0.39, 0.29) is 11.7 Å². The van der Waals surface area contributed by atoms with E-state index in [1.54, 1.807) is 12.1 Å². The number of halogens is 1. The summed E-state index contributed by atoms with van der Waals surface area (Å²) < 4.78 is 19.6. The minimum atomic E-state index is -0.0764. The second-order valence-electron chi connectivity index (χ2n) is 5.59. The van der Waals surface area contributed by atoms with Crippen molar-refractivity contribution in [3.63, 3.8) is 0 Å². The molecule has 0 amide bonds. The largest absolute Gasteiger partial charge is 0.378 e. The second kappa shape index (κ2) is 8.38. The molecular formula is C17H26FNO. The van der Waals surface area contributed by atoms with Crippen LogP contribution in [-0.4, -0.2) is 25.8 Å². The fraction of sp³-hybridized carbons (Fsp3) is 0.647. The van der Waals surface area contributed by atoms with Crippen LogP contribution in [0.4, 0.5) is 4.39 Å². The fourth-order valence-electron chi connectivity index (χ4n) is 2.96. The lowest BCUT2D eigenvalue weighted by atomic mass is 9.92. The molecule has 2 rings (SSSR count). The monoisotopic (exact) mass is 279 g/mol. The van der Waals surface area contributed by atoms with Gasteiger partial charge in [0.05, 0.1) is 6.10 Å². The molecule has 1 aliphatic rings. The molecular weight excluding hydrogens is 253 g/mol. The van der Waals surface area contributed by atoms with Gasteiger partial charge in [-0.2, -0.15) is 0 Å². The number of nitrogens with one attached hydrogen (secondary N) is 1. The third-order valence-electron chi connectivity index (χ3n) is 4.09. The summed E-state index contributed by atoms with van der Waals surface area (Å²) in [4.78, 5) is 0. The van der Waals surface area contributed by atoms with Crippen LogP contribution in [0, 0.1) is 5.82 Å². The van der Waals surface area contributed by atoms with Crippen LogP contribution in [0.5, 0.6) is 0 Å². The van der Waals surface area contributed by atoms with E-state index in [1.807, 2.05) is 12.1 Å². The van der Waals surface area contributed by atoms with Crippen molar-refractivity contribution in [2.24, 2.45) is 0 Å². The van der Waals surface area contributed by atoms with Crippen LogP contribution in [-0.2, 0) is 4.74 Å². The van der Waals surface area contributed by atoms with Gasteiger partial charge in [0.1, 0.15) is 5.82 Å². The summed E-state index contributed by atoms with van der Waals surface area (Å²) in [7, 11) is 0. The fourth-order valence-corrected chi connectivity index (χ4v) is 2.96. The van der Waals surface area contributed by atoms with Crippen molar-refractivity contribution in [1.82, 2.24) is 5.32 Å². The molecule has 0 aromatic heterocycles. The molecule has 20 heavy (non-hydrogen) atoms. The molecule has 1 aromatic carbocycles. The molecule has 0 radical (unpaired) electrons. The number of benzene rings is 1. The lowest BCUT2D eigenvalue weighted by Gasteiger charge is -2.19. The predicted octanol–water partition coefficient (Wildman–Crippen LogP) is 3.87. The highest BCUT2D eigenvalue weighted by molar-refractivity contribution is 5.22. The Balaban J connectivity index is 1.87. The van der Waals surface area contributed by atoms with E-state index >= 15 is 0 Å². The Bertz CT molecular complexity index is 390. The molecule has 1 N–H and O–H groups in total. The number of ether oxygens (including phenoxy) is 1. The molecule has 0 spiro atoms. The second-order valence-corrected chi connectivity index (χ2v) is 5.59. The highest BCUT2D eigenvalue weighted by Gasteiger charge is 2.18. The molecule has 2 atom stereocenters. The molecule has 112 valence electrons. The van der Waals surface area contributed by atoms with Gasteiger partial charge < -0.3 is 10.1 Å². The van der Waals surface area contributed by atoms with Crippen molar-refractivity contribution < 1.29 is 9.13 Å². The first kappa shape index (κ1) is 15.5. The Morgan fingerprint density at radius 1 is 1.40 bits per heavy atom. The van der Waals surface area contributed by atoms with Crippen molar-refractivity contribution in [2.45, 2.75) is 51.0 Å². The van der Waals surface area contributed by atoms with Gasteiger partial charge in [0, 0.05) is 13.2 Å². The zero-order valence-electron chi connectivity index (χ0n) is 12.4. The van der Waals surface area contributed by atoms with Gasteiger partial charge in [-0.25, -0.2) is 4.39 Å². The summed E-state index contributed by atoms with van der Waals surface area (Å²) in [5.74, 6) is 0.185. The van der Waals surface area contributed by atoms with Gasteiger partial charge >= 0.3 is 0 Å². The van der Waals surface area contributed by atoms with E-state index in [1.165, 1.54) is 12.8 Å². The van der Waals surface area contributed by atoms with Gasteiger partial charge in [-0.1, -0.05) is 31.5 Å². The molecule has 0 aliphatic carbocycles. The highest BCUT2D eigenvalue weighted by Crippen LogP contribution is 2.26. The first-order valence-corrected chi connectivity index (χ1v) is 7.88. The van der Waals surface area contributed by atoms with Crippen LogP contribution < -0.4 is 5.32 Å². The van der Waals surface area contributed by atoms with E-state index in [2.05, 4.69) is 12.2 Å². The number of rotatable bonds is 8. The maximum absolute atomic E-state index is 13.9. The molecule has 2 unspecified atom stereocenters. The lowest BCUT2D eigenvalue weighted by Crippen LogP contribution is -2.22. The predicted molar refractivity (Wildman–Crippen MR) is 80.5 cm³/mol. The molecule has 1 aromatic rings. The van der Waals surface area contributed by atoms with Crippen LogP contribution in [0.3, 0.4) is 0 Å².